The molecule has 1 fully saturated rings. The Kier molecular flexibility index (Phi) is 3.85. The summed E-state index contributed by atoms with van der Waals surface area (Å²) in [7, 11) is 6.03. The van der Waals surface area contributed by atoms with Crippen LogP contribution in [-0.2, 0) is 21.7 Å². The number of aromatic nitrogens is 2. The number of fused-ring (bicyclic) bond motifs is 13. The van der Waals surface area contributed by atoms with Crippen molar-refractivity contribution in [1.82, 2.24) is 19.4 Å². The minimum atomic E-state index is -0.759. The summed E-state index contributed by atoms with van der Waals surface area (Å²) in [6.45, 7) is 2.70. The zero-order valence-corrected chi connectivity index (χ0v) is 20.8. The molecule has 0 saturated carbocycles. The minimum absolute atomic E-state index is 0.00641. The van der Waals surface area contributed by atoms with Crippen LogP contribution in [0.5, 0.6) is 0 Å². The third-order valence-corrected chi connectivity index (χ3v) is 8.86. The van der Waals surface area contributed by atoms with Gasteiger partial charge in [0, 0.05) is 47.7 Å². The van der Waals surface area contributed by atoms with E-state index >= 15 is 0 Å². The van der Waals surface area contributed by atoms with Crippen molar-refractivity contribution in [3.63, 3.8) is 0 Å². The van der Waals surface area contributed by atoms with E-state index in [1.165, 1.54) is 0 Å². The molecule has 0 aliphatic carbocycles. The van der Waals surface area contributed by atoms with Crippen molar-refractivity contribution in [3.8, 4) is 0 Å². The van der Waals surface area contributed by atoms with Crippen LogP contribution in [0.25, 0.3) is 43.6 Å². The molecule has 2 bridgehead atoms. The van der Waals surface area contributed by atoms with E-state index < -0.39 is 5.72 Å². The smallest absolute Gasteiger partial charge is 0.252 e. The van der Waals surface area contributed by atoms with Crippen LogP contribution in [-0.4, -0.2) is 53.3 Å². The number of rotatable bonds is 2. The fourth-order valence-electron chi connectivity index (χ4n) is 7.51. The molecule has 1 saturated heterocycles. The highest BCUT2D eigenvalue weighted by molar-refractivity contribution is 6.31. The zero-order chi connectivity index (χ0) is 24.5. The second-order valence-electron chi connectivity index (χ2n) is 10.8. The summed E-state index contributed by atoms with van der Waals surface area (Å²) < 4.78 is 18.2. The van der Waals surface area contributed by atoms with Gasteiger partial charge in [-0.05, 0) is 38.7 Å². The number of hydrogen-bond acceptors (Lipinski definition) is 4. The van der Waals surface area contributed by atoms with Crippen LogP contribution in [0.15, 0.2) is 48.5 Å². The summed E-state index contributed by atoms with van der Waals surface area (Å²) in [6.07, 6.45) is 0.379. The van der Waals surface area contributed by atoms with E-state index in [-0.39, 0.29) is 24.3 Å². The number of nitrogens with zero attached hydrogens (tertiary/aromatic N) is 3. The van der Waals surface area contributed by atoms with Crippen molar-refractivity contribution in [2.45, 2.75) is 44.0 Å². The maximum Gasteiger partial charge on any atom is 0.252 e. The standard InChI is InChI=1S/C29H28N4O3/c1-29-27(35-4)20(31(2)3)13-21(36-29)32-18-11-7-5-9-15(18)23-24-17(14-30-28(24)34)22-16-10-6-8-12-19(16)33(29)26(22)25(23)32/h5-12,20-21,27H,13-14H2,1-4H3,(H,30,34)/t20-,21-,27+,29+/m1/s1. The van der Waals surface area contributed by atoms with Crippen molar-refractivity contribution < 1.29 is 14.3 Å². The molecular formula is C29H28N4O3. The number of carbonyl (C=O) groups is 1. The normalized spacial score (nSPS) is 27.0. The highest BCUT2D eigenvalue weighted by Gasteiger charge is 2.53. The lowest BCUT2D eigenvalue weighted by Crippen LogP contribution is -2.59. The molecule has 3 aliphatic rings. The van der Waals surface area contributed by atoms with Gasteiger partial charge < -0.3 is 28.8 Å². The summed E-state index contributed by atoms with van der Waals surface area (Å²) in [5.41, 5.74) is 5.54. The molecule has 2 aromatic heterocycles. The third-order valence-electron chi connectivity index (χ3n) is 8.86. The average Bonchev–Trinajstić information content (AvgIpc) is 3.51. The molecule has 5 heterocycles. The molecule has 4 atom stereocenters. The molecule has 3 aromatic carbocycles. The lowest BCUT2D eigenvalue weighted by atomic mass is 9.92. The molecule has 7 heteroatoms. The van der Waals surface area contributed by atoms with Gasteiger partial charge in [-0.1, -0.05) is 36.4 Å². The molecule has 0 radical (unpaired) electrons. The van der Waals surface area contributed by atoms with Crippen LogP contribution in [0.1, 0.15) is 35.5 Å². The average molecular weight is 481 g/mol. The fraction of sp³-hybridized carbons (Fsp3) is 0.345. The summed E-state index contributed by atoms with van der Waals surface area (Å²) in [5, 5.41) is 7.55. The maximum atomic E-state index is 13.4. The Morgan fingerprint density at radius 3 is 2.44 bits per heavy atom. The number of benzene rings is 3. The van der Waals surface area contributed by atoms with Crippen molar-refractivity contribution in [2.24, 2.45) is 0 Å². The molecule has 1 N–H and O–H groups in total. The molecule has 182 valence electrons. The zero-order valence-electron chi connectivity index (χ0n) is 20.8. The monoisotopic (exact) mass is 480 g/mol. The Labute approximate surface area is 208 Å². The maximum absolute atomic E-state index is 13.4. The minimum Gasteiger partial charge on any atom is -0.375 e. The quantitative estimate of drug-likeness (QED) is 0.398. The first-order valence-corrected chi connectivity index (χ1v) is 12.6. The number of likely N-dealkylation sites (N-methyl/N-ethyl adjacent to an activating group) is 1. The van der Waals surface area contributed by atoms with Crippen molar-refractivity contribution in [1.29, 1.82) is 0 Å². The van der Waals surface area contributed by atoms with E-state index in [0.717, 1.165) is 61.2 Å². The van der Waals surface area contributed by atoms with Gasteiger partial charge in [0.15, 0.2) is 5.72 Å². The van der Waals surface area contributed by atoms with Crippen LogP contribution in [0.4, 0.5) is 0 Å². The lowest BCUT2D eigenvalue weighted by Gasteiger charge is -2.50. The summed E-state index contributed by atoms with van der Waals surface area (Å²) in [6, 6.07) is 17.1. The molecule has 7 nitrogen and oxygen atoms in total. The van der Waals surface area contributed by atoms with Crippen molar-refractivity contribution in [2.75, 3.05) is 21.2 Å². The number of para-hydroxylation sites is 2. The van der Waals surface area contributed by atoms with Gasteiger partial charge in [-0.15, -0.1) is 0 Å². The summed E-state index contributed by atoms with van der Waals surface area (Å²) in [4.78, 5) is 15.6. The Morgan fingerprint density at radius 1 is 1.03 bits per heavy atom. The highest BCUT2D eigenvalue weighted by Crippen LogP contribution is 2.54. The highest BCUT2D eigenvalue weighted by atomic mass is 16.6. The van der Waals surface area contributed by atoms with Gasteiger partial charge in [-0.3, -0.25) is 4.79 Å². The van der Waals surface area contributed by atoms with Gasteiger partial charge >= 0.3 is 0 Å². The van der Waals surface area contributed by atoms with E-state index in [2.05, 4.69) is 88.9 Å². The predicted octanol–water partition coefficient (Wildman–Crippen LogP) is 4.70. The first kappa shape index (κ1) is 20.8. The van der Waals surface area contributed by atoms with Crippen LogP contribution < -0.4 is 5.32 Å². The first-order valence-electron chi connectivity index (χ1n) is 12.6. The molecule has 3 aliphatic heterocycles. The van der Waals surface area contributed by atoms with Crippen LogP contribution >= 0.6 is 0 Å². The SMILES string of the molecule is CO[C@H]1[C@H](N(C)C)C[C@H]2O[C@]1(C)n1c3ccccc3c3c4c(c5c6ccccc6n2c5c31)C(=O)NC4. The van der Waals surface area contributed by atoms with E-state index in [4.69, 9.17) is 9.47 Å². The van der Waals surface area contributed by atoms with E-state index in [1.54, 1.807) is 7.11 Å². The number of nitrogens with one attached hydrogen (secondary N) is 1. The van der Waals surface area contributed by atoms with Crippen LogP contribution in [0.3, 0.4) is 0 Å². The largest absolute Gasteiger partial charge is 0.375 e. The van der Waals surface area contributed by atoms with Crippen LogP contribution in [0.2, 0.25) is 0 Å². The molecule has 8 rings (SSSR count). The number of amides is 1. The Balaban J connectivity index is 1.70. The lowest BCUT2D eigenvalue weighted by molar-refractivity contribution is -0.266. The van der Waals surface area contributed by atoms with Crippen LogP contribution in [0, 0.1) is 0 Å². The van der Waals surface area contributed by atoms with Gasteiger partial charge in [0.1, 0.15) is 12.3 Å². The van der Waals surface area contributed by atoms with E-state index in [0.29, 0.717) is 6.54 Å². The number of hydrogen-bond donors (Lipinski definition) is 1. The van der Waals surface area contributed by atoms with Gasteiger partial charge in [0.05, 0.1) is 27.6 Å². The van der Waals surface area contributed by atoms with Crippen molar-refractivity contribution in [3.05, 3.63) is 59.7 Å². The third kappa shape index (κ3) is 2.19. The summed E-state index contributed by atoms with van der Waals surface area (Å²) in [5.74, 6) is 0.00641. The summed E-state index contributed by atoms with van der Waals surface area (Å²) >= 11 is 0. The number of methoxy groups -OCH3 is 1. The molecule has 1 amide bonds. The Bertz CT molecular complexity index is 1780. The van der Waals surface area contributed by atoms with Gasteiger partial charge in [0.2, 0.25) is 0 Å². The molecular weight excluding hydrogens is 452 g/mol. The fourth-order valence-corrected chi connectivity index (χ4v) is 7.51. The topological polar surface area (TPSA) is 60.7 Å². The second-order valence-corrected chi connectivity index (χ2v) is 10.8. The van der Waals surface area contributed by atoms with Gasteiger partial charge in [-0.25, -0.2) is 0 Å². The molecule has 0 spiro atoms. The second kappa shape index (κ2) is 6.68. The van der Waals surface area contributed by atoms with Gasteiger partial charge in [0.25, 0.3) is 5.91 Å². The van der Waals surface area contributed by atoms with Gasteiger partial charge in [-0.2, -0.15) is 0 Å². The van der Waals surface area contributed by atoms with E-state index in [1.807, 2.05) is 0 Å². The number of carbonyl (C=O) groups excluding carboxylic acids is 1. The molecule has 36 heavy (non-hydrogen) atoms. The number of ether oxygens (including phenoxy) is 2. The molecule has 0 unspecified atom stereocenters. The first-order chi connectivity index (χ1) is 17.5. The van der Waals surface area contributed by atoms with Crippen molar-refractivity contribution >= 4 is 49.5 Å². The Hall–Kier alpha value is -3.39. The predicted molar refractivity (Wildman–Crippen MR) is 140 cm³/mol. The molecule has 5 aromatic rings. The Morgan fingerprint density at radius 2 is 1.72 bits per heavy atom. The van der Waals surface area contributed by atoms with E-state index in [9.17, 15) is 4.79 Å².